The Hall–Kier alpha value is -0.760. The van der Waals surface area contributed by atoms with E-state index in [1.165, 1.54) is 7.11 Å². The number of halogens is 3. The van der Waals surface area contributed by atoms with Gasteiger partial charge in [0.05, 0.1) is 6.61 Å². The van der Waals surface area contributed by atoms with Gasteiger partial charge < -0.3 is 4.74 Å². The first-order valence-electron chi connectivity index (χ1n) is 5.43. The molecule has 8 heteroatoms. The van der Waals surface area contributed by atoms with Gasteiger partial charge in [0, 0.05) is 25.1 Å². The maximum atomic E-state index is 13.5. The Morgan fingerprint density at radius 1 is 1.42 bits per heavy atom. The van der Waals surface area contributed by atoms with E-state index in [1.807, 2.05) is 0 Å². The summed E-state index contributed by atoms with van der Waals surface area (Å²) in [4.78, 5) is -0.607. The van der Waals surface area contributed by atoms with E-state index in [1.54, 1.807) is 0 Å². The van der Waals surface area contributed by atoms with Gasteiger partial charge in [-0.05, 0) is 18.6 Å². The third-order valence-corrected chi connectivity index (χ3v) is 4.10. The van der Waals surface area contributed by atoms with E-state index in [0.717, 1.165) is 12.1 Å². The molecule has 108 valence electrons. The van der Waals surface area contributed by atoms with Crippen molar-refractivity contribution in [3.8, 4) is 0 Å². The number of hydrogen-bond donors (Lipinski definition) is 1. The molecule has 1 atom stereocenters. The first kappa shape index (κ1) is 16.3. The number of alkyl halides is 1. The van der Waals surface area contributed by atoms with Crippen LogP contribution in [0.3, 0.4) is 0 Å². The molecule has 1 aromatic carbocycles. The molecule has 0 aliphatic carbocycles. The van der Waals surface area contributed by atoms with Crippen molar-refractivity contribution in [2.24, 2.45) is 0 Å². The van der Waals surface area contributed by atoms with Crippen LogP contribution in [0.25, 0.3) is 0 Å². The first-order valence-corrected chi connectivity index (χ1v) is 7.44. The predicted octanol–water partition coefficient (Wildman–Crippen LogP) is 1.89. The van der Waals surface area contributed by atoms with Gasteiger partial charge in [0.15, 0.2) is 0 Å². The number of sulfonamides is 1. The molecule has 1 aromatic rings. The SMILES string of the molecule is COCC(CCCl)NS(=O)(=O)c1ccc(F)cc1F. The van der Waals surface area contributed by atoms with Gasteiger partial charge >= 0.3 is 0 Å². The molecule has 0 bridgehead atoms. The van der Waals surface area contributed by atoms with Gasteiger partial charge in [-0.1, -0.05) is 0 Å². The quantitative estimate of drug-likeness (QED) is 0.782. The summed E-state index contributed by atoms with van der Waals surface area (Å²) in [6.07, 6.45) is 0.331. The summed E-state index contributed by atoms with van der Waals surface area (Å²) in [5, 5.41) is 0. The highest BCUT2D eigenvalue weighted by molar-refractivity contribution is 7.89. The standard InChI is InChI=1S/C11H14ClF2NO3S/c1-18-7-9(4-5-12)15-19(16,17)11-3-2-8(13)6-10(11)14/h2-3,6,9,15H,4-5,7H2,1H3. The molecule has 0 saturated heterocycles. The molecular weight excluding hydrogens is 300 g/mol. The fourth-order valence-corrected chi connectivity index (χ4v) is 3.06. The van der Waals surface area contributed by atoms with Crippen LogP contribution < -0.4 is 4.72 Å². The van der Waals surface area contributed by atoms with Gasteiger partial charge in [-0.2, -0.15) is 0 Å². The number of rotatable bonds is 7. The van der Waals surface area contributed by atoms with Crippen molar-refractivity contribution in [3.63, 3.8) is 0 Å². The normalized spacial score (nSPS) is 13.5. The Bertz CT molecular complexity index is 519. The first-order chi connectivity index (χ1) is 8.90. The maximum absolute atomic E-state index is 13.5. The summed E-state index contributed by atoms with van der Waals surface area (Å²) < 4.78 is 57.2. The van der Waals surface area contributed by atoms with Crippen molar-refractivity contribution in [1.82, 2.24) is 4.72 Å². The zero-order chi connectivity index (χ0) is 14.5. The highest BCUT2D eigenvalue weighted by atomic mass is 35.5. The van der Waals surface area contributed by atoms with Gasteiger partial charge in [0.2, 0.25) is 10.0 Å². The van der Waals surface area contributed by atoms with Crippen LogP contribution >= 0.6 is 11.6 Å². The van der Waals surface area contributed by atoms with Crippen LogP contribution in [-0.2, 0) is 14.8 Å². The van der Waals surface area contributed by atoms with Crippen LogP contribution in [0.2, 0.25) is 0 Å². The number of benzene rings is 1. The smallest absolute Gasteiger partial charge is 0.243 e. The van der Waals surface area contributed by atoms with Gasteiger partial charge in [0.1, 0.15) is 16.5 Å². The molecule has 4 nitrogen and oxygen atoms in total. The Morgan fingerprint density at radius 2 is 2.11 bits per heavy atom. The van der Waals surface area contributed by atoms with Gasteiger partial charge in [-0.15, -0.1) is 11.6 Å². The highest BCUT2D eigenvalue weighted by Gasteiger charge is 2.23. The van der Waals surface area contributed by atoms with E-state index in [2.05, 4.69) is 4.72 Å². The molecule has 0 spiro atoms. The van der Waals surface area contributed by atoms with Gasteiger partial charge in [-0.25, -0.2) is 21.9 Å². The summed E-state index contributed by atoms with van der Waals surface area (Å²) in [6, 6.07) is 1.70. The molecule has 1 N–H and O–H groups in total. The zero-order valence-electron chi connectivity index (χ0n) is 10.2. The molecule has 0 amide bonds. The van der Waals surface area contributed by atoms with Crippen LogP contribution in [0.5, 0.6) is 0 Å². The highest BCUT2D eigenvalue weighted by Crippen LogP contribution is 2.16. The molecule has 0 fully saturated rings. The van der Waals surface area contributed by atoms with Gasteiger partial charge in [-0.3, -0.25) is 0 Å². The minimum Gasteiger partial charge on any atom is -0.383 e. The Balaban J connectivity index is 2.96. The molecule has 0 aliphatic rings. The maximum Gasteiger partial charge on any atom is 0.243 e. The number of ether oxygens (including phenoxy) is 1. The van der Waals surface area contributed by atoms with E-state index >= 15 is 0 Å². The minimum absolute atomic E-state index is 0.106. The predicted molar refractivity (Wildman–Crippen MR) is 67.7 cm³/mol. The lowest BCUT2D eigenvalue weighted by Crippen LogP contribution is -2.38. The third kappa shape index (κ3) is 4.68. The van der Waals surface area contributed by atoms with Crippen molar-refractivity contribution in [2.45, 2.75) is 17.4 Å². The van der Waals surface area contributed by atoms with Crippen molar-refractivity contribution >= 4 is 21.6 Å². The average Bonchev–Trinajstić information content (AvgIpc) is 2.28. The lowest BCUT2D eigenvalue weighted by Gasteiger charge is -2.17. The Labute approximate surface area is 115 Å². The second kappa shape index (κ2) is 7.14. The molecule has 1 unspecified atom stereocenters. The minimum atomic E-state index is -4.08. The molecule has 0 radical (unpaired) electrons. The summed E-state index contributed by atoms with van der Waals surface area (Å²) in [5.74, 6) is -1.76. The van der Waals surface area contributed by atoms with Crippen molar-refractivity contribution in [1.29, 1.82) is 0 Å². The van der Waals surface area contributed by atoms with E-state index in [0.29, 0.717) is 12.5 Å². The van der Waals surface area contributed by atoms with Crippen LogP contribution in [0, 0.1) is 11.6 Å². The number of methoxy groups -OCH3 is 1. The van der Waals surface area contributed by atoms with Crippen LogP contribution in [0.1, 0.15) is 6.42 Å². The van der Waals surface area contributed by atoms with Crippen LogP contribution in [-0.4, -0.2) is 34.1 Å². The summed E-state index contributed by atoms with van der Waals surface area (Å²) in [5.41, 5.74) is 0. The Morgan fingerprint density at radius 3 is 2.63 bits per heavy atom. The molecule has 19 heavy (non-hydrogen) atoms. The lowest BCUT2D eigenvalue weighted by atomic mass is 10.3. The summed E-state index contributed by atoms with van der Waals surface area (Å²) in [7, 11) is -2.67. The summed E-state index contributed by atoms with van der Waals surface area (Å²) in [6.45, 7) is 0.106. The fourth-order valence-electron chi connectivity index (χ4n) is 1.49. The third-order valence-electron chi connectivity index (χ3n) is 2.33. The molecule has 0 heterocycles. The molecule has 0 aliphatic heterocycles. The molecule has 0 aromatic heterocycles. The van der Waals surface area contributed by atoms with Crippen molar-refractivity contribution in [2.75, 3.05) is 19.6 Å². The number of hydrogen-bond acceptors (Lipinski definition) is 3. The van der Waals surface area contributed by atoms with E-state index < -0.39 is 32.6 Å². The topological polar surface area (TPSA) is 55.4 Å². The number of nitrogens with one attached hydrogen (secondary N) is 1. The monoisotopic (exact) mass is 313 g/mol. The van der Waals surface area contributed by atoms with Crippen molar-refractivity contribution in [3.05, 3.63) is 29.8 Å². The molecular formula is C11H14ClF2NO3S. The second-order valence-corrected chi connectivity index (χ2v) is 5.89. The fraction of sp³-hybridized carbons (Fsp3) is 0.455. The van der Waals surface area contributed by atoms with Crippen LogP contribution in [0.15, 0.2) is 23.1 Å². The van der Waals surface area contributed by atoms with E-state index in [4.69, 9.17) is 16.3 Å². The van der Waals surface area contributed by atoms with E-state index in [-0.39, 0.29) is 12.5 Å². The van der Waals surface area contributed by atoms with Crippen LogP contribution in [0.4, 0.5) is 8.78 Å². The van der Waals surface area contributed by atoms with Crippen molar-refractivity contribution < 1.29 is 21.9 Å². The van der Waals surface area contributed by atoms with E-state index in [9.17, 15) is 17.2 Å². The second-order valence-electron chi connectivity index (χ2n) is 3.83. The van der Waals surface area contributed by atoms with Gasteiger partial charge in [0.25, 0.3) is 0 Å². The Kier molecular flexibility index (Phi) is 6.12. The largest absolute Gasteiger partial charge is 0.383 e. The summed E-state index contributed by atoms with van der Waals surface area (Å²) >= 11 is 5.54. The molecule has 0 saturated carbocycles. The average molecular weight is 314 g/mol. The molecule has 1 rings (SSSR count). The lowest BCUT2D eigenvalue weighted by molar-refractivity contribution is 0.173. The zero-order valence-corrected chi connectivity index (χ0v) is 11.8.